The molecule has 1 aromatic heterocycles. The second-order valence-electron chi connectivity index (χ2n) is 4.63. The molecule has 0 saturated carbocycles. The smallest absolute Gasteiger partial charge is 0.134 e. The van der Waals surface area contributed by atoms with Gasteiger partial charge in [0.1, 0.15) is 11.9 Å². The summed E-state index contributed by atoms with van der Waals surface area (Å²) >= 11 is 3.61. The van der Waals surface area contributed by atoms with E-state index in [4.69, 9.17) is 4.74 Å². The van der Waals surface area contributed by atoms with E-state index in [9.17, 15) is 0 Å². The van der Waals surface area contributed by atoms with Crippen LogP contribution in [-0.2, 0) is 0 Å². The van der Waals surface area contributed by atoms with Crippen LogP contribution in [0.25, 0.3) is 10.9 Å². The van der Waals surface area contributed by atoms with Gasteiger partial charge in [-0.15, -0.1) is 0 Å². The molecule has 0 bridgehead atoms. The third-order valence-electron chi connectivity index (χ3n) is 3.34. The maximum absolute atomic E-state index is 6.12. The number of hydrogen-bond acceptors (Lipinski definition) is 3. The van der Waals surface area contributed by atoms with Gasteiger partial charge in [0.25, 0.3) is 0 Å². The lowest BCUT2D eigenvalue weighted by molar-refractivity contribution is 0.186. The van der Waals surface area contributed by atoms with Crippen LogP contribution in [0, 0.1) is 0 Å². The van der Waals surface area contributed by atoms with Gasteiger partial charge in [-0.25, -0.2) is 0 Å². The van der Waals surface area contributed by atoms with Crippen LogP contribution in [0.1, 0.15) is 19.3 Å². The number of nitrogens with zero attached hydrogens (tertiary/aromatic N) is 1. The average Bonchev–Trinajstić information content (AvgIpc) is 2.71. The summed E-state index contributed by atoms with van der Waals surface area (Å²) in [5, 5.41) is 11.5. The summed E-state index contributed by atoms with van der Waals surface area (Å²) < 4.78 is 7.11. The Bertz CT molecular complexity index is 532. The molecule has 1 atom stereocenters. The van der Waals surface area contributed by atoms with Gasteiger partial charge in [-0.3, -0.25) is 5.10 Å². The molecule has 1 aliphatic heterocycles. The number of halogens is 1. The van der Waals surface area contributed by atoms with Gasteiger partial charge in [-0.1, -0.05) is 0 Å². The van der Waals surface area contributed by atoms with E-state index < -0.39 is 0 Å². The minimum atomic E-state index is 0.306. The number of aromatic nitrogens is 2. The molecule has 2 N–H and O–H groups in total. The normalized spacial score (nSPS) is 20.8. The molecule has 1 aromatic carbocycles. The fourth-order valence-corrected chi connectivity index (χ4v) is 2.88. The van der Waals surface area contributed by atoms with Gasteiger partial charge in [0.2, 0.25) is 0 Å². The summed E-state index contributed by atoms with van der Waals surface area (Å²) in [5.74, 6) is 0.913. The second-order valence-corrected chi connectivity index (χ2v) is 5.42. The van der Waals surface area contributed by atoms with Crippen molar-refractivity contribution in [1.29, 1.82) is 0 Å². The molecule has 2 heterocycles. The van der Waals surface area contributed by atoms with Crippen molar-refractivity contribution in [2.24, 2.45) is 0 Å². The van der Waals surface area contributed by atoms with E-state index in [0.29, 0.717) is 6.10 Å². The van der Waals surface area contributed by atoms with Crippen molar-refractivity contribution in [3.05, 3.63) is 22.8 Å². The molecule has 1 fully saturated rings. The van der Waals surface area contributed by atoms with E-state index in [-0.39, 0.29) is 0 Å². The fraction of sp³-hybridized carbons (Fsp3) is 0.462. The Morgan fingerprint density at radius 2 is 2.22 bits per heavy atom. The predicted octanol–water partition coefficient (Wildman–Crippen LogP) is 2.85. The maximum atomic E-state index is 6.12. The van der Waals surface area contributed by atoms with Gasteiger partial charge in [0.15, 0.2) is 0 Å². The molecule has 0 spiro atoms. The van der Waals surface area contributed by atoms with Crippen LogP contribution >= 0.6 is 15.9 Å². The third-order valence-corrected chi connectivity index (χ3v) is 4.16. The standard InChI is InChI=1S/C13H16BrN3O/c14-13-10-8-16-17-11(10)3-4-12(13)18-9-2-1-6-15-7-5-9/h3-4,8-9,15H,1-2,5-7H2,(H,16,17). The molecular weight excluding hydrogens is 294 g/mol. The molecule has 1 aliphatic rings. The van der Waals surface area contributed by atoms with E-state index in [1.54, 1.807) is 0 Å². The Balaban J connectivity index is 1.82. The Hall–Kier alpha value is -1.07. The highest BCUT2D eigenvalue weighted by Gasteiger charge is 2.16. The number of H-pyrrole nitrogens is 1. The minimum absolute atomic E-state index is 0.306. The zero-order valence-corrected chi connectivity index (χ0v) is 11.7. The van der Waals surface area contributed by atoms with Crippen molar-refractivity contribution in [2.45, 2.75) is 25.4 Å². The van der Waals surface area contributed by atoms with E-state index >= 15 is 0 Å². The van der Waals surface area contributed by atoms with Gasteiger partial charge in [0.05, 0.1) is 16.2 Å². The maximum Gasteiger partial charge on any atom is 0.134 e. The SMILES string of the molecule is Brc1c(OC2CCCNCC2)ccc2[nH]ncc12. The van der Waals surface area contributed by atoms with Crippen molar-refractivity contribution in [3.63, 3.8) is 0 Å². The Morgan fingerprint density at radius 3 is 3.17 bits per heavy atom. The Morgan fingerprint density at radius 1 is 1.28 bits per heavy atom. The van der Waals surface area contributed by atoms with Crippen molar-refractivity contribution in [3.8, 4) is 5.75 Å². The zero-order chi connectivity index (χ0) is 12.4. The molecule has 18 heavy (non-hydrogen) atoms. The number of hydrogen-bond donors (Lipinski definition) is 2. The van der Waals surface area contributed by atoms with Gasteiger partial charge >= 0.3 is 0 Å². The molecule has 4 nitrogen and oxygen atoms in total. The zero-order valence-electron chi connectivity index (χ0n) is 10.1. The number of aromatic amines is 1. The van der Waals surface area contributed by atoms with Crippen molar-refractivity contribution < 1.29 is 4.74 Å². The van der Waals surface area contributed by atoms with E-state index in [2.05, 4.69) is 31.4 Å². The molecule has 96 valence electrons. The number of fused-ring (bicyclic) bond motifs is 1. The lowest BCUT2D eigenvalue weighted by atomic mass is 10.1. The molecule has 3 rings (SSSR count). The van der Waals surface area contributed by atoms with Gasteiger partial charge in [0, 0.05) is 5.39 Å². The van der Waals surface area contributed by atoms with Crippen LogP contribution in [0.2, 0.25) is 0 Å². The van der Waals surface area contributed by atoms with Crippen molar-refractivity contribution in [2.75, 3.05) is 13.1 Å². The van der Waals surface area contributed by atoms with E-state index in [1.807, 2.05) is 18.3 Å². The summed E-state index contributed by atoms with van der Waals surface area (Å²) in [6, 6.07) is 4.01. The van der Waals surface area contributed by atoms with Crippen LogP contribution in [0.15, 0.2) is 22.8 Å². The first kappa shape index (κ1) is 12.0. The third kappa shape index (κ3) is 2.37. The lowest BCUT2D eigenvalue weighted by Crippen LogP contribution is -2.19. The summed E-state index contributed by atoms with van der Waals surface area (Å²) in [4.78, 5) is 0. The molecule has 1 unspecified atom stereocenters. The largest absolute Gasteiger partial charge is 0.489 e. The topological polar surface area (TPSA) is 49.9 Å². The lowest BCUT2D eigenvalue weighted by Gasteiger charge is -2.17. The molecule has 0 amide bonds. The molecule has 0 radical (unpaired) electrons. The first-order chi connectivity index (χ1) is 8.84. The molecule has 0 aliphatic carbocycles. The number of rotatable bonds is 2. The molecule has 5 heteroatoms. The summed E-state index contributed by atoms with van der Waals surface area (Å²) in [6.07, 6.45) is 5.48. The number of ether oxygens (including phenoxy) is 1. The Kier molecular flexibility index (Phi) is 3.52. The fourth-order valence-electron chi connectivity index (χ4n) is 2.34. The predicted molar refractivity (Wildman–Crippen MR) is 74.9 cm³/mol. The van der Waals surface area contributed by atoms with E-state index in [1.165, 1.54) is 6.42 Å². The van der Waals surface area contributed by atoms with Crippen LogP contribution in [0.5, 0.6) is 5.75 Å². The minimum Gasteiger partial charge on any atom is -0.489 e. The highest BCUT2D eigenvalue weighted by atomic mass is 79.9. The summed E-state index contributed by atoms with van der Waals surface area (Å²) in [6.45, 7) is 2.14. The molecular formula is C13H16BrN3O. The van der Waals surface area contributed by atoms with E-state index in [0.717, 1.165) is 47.1 Å². The summed E-state index contributed by atoms with van der Waals surface area (Å²) in [5.41, 5.74) is 1.02. The molecule has 2 aromatic rings. The van der Waals surface area contributed by atoms with Crippen LogP contribution in [-0.4, -0.2) is 29.4 Å². The van der Waals surface area contributed by atoms with Crippen molar-refractivity contribution >= 4 is 26.8 Å². The highest BCUT2D eigenvalue weighted by Crippen LogP contribution is 2.33. The number of nitrogens with one attached hydrogen (secondary N) is 2. The van der Waals surface area contributed by atoms with Crippen LogP contribution in [0.4, 0.5) is 0 Å². The highest BCUT2D eigenvalue weighted by molar-refractivity contribution is 9.10. The second kappa shape index (κ2) is 5.28. The van der Waals surface area contributed by atoms with Crippen molar-refractivity contribution in [1.82, 2.24) is 15.5 Å². The summed E-state index contributed by atoms with van der Waals surface area (Å²) in [7, 11) is 0. The quantitative estimate of drug-likeness (QED) is 0.897. The van der Waals surface area contributed by atoms with Gasteiger partial charge in [-0.05, 0) is 60.4 Å². The average molecular weight is 310 g/mol. The number of benzene rings is 1. The van der Waals surface area contributed by atoms with Gasteiger partial charge in [-0.2, -0.15) is 5.10 Å². The van der Waals surface area contributed by atoms with Crippen LogP contribution < -0.4 is 10.1 Å². The monoisotopic (exact) mass is 309 g/mol. The van der Waals surface area contributed by atoms with Gasteiger partial charge < -0.3 is 10.1 Å². The first-order valence-electron chi connectivity index (χ1n) is 6.33. The first-order valence-corrected chi connectivity index (χ1v) is 7.13. The Labute approximate surface area is 114 Å². The van der Waals surface area contributed by atoms with Crippen LogP contribution in [0.3, 0.4) is 0 Å². The molecule has 1 saturated heterocycles.